The van der Waals surface area contributed by atoms with Gasteiger partial charge in [-0.25, -0.2) is 4.68 Å². The van der Waals surface area contributed by atoms with Crippen molar-refractivity contribution in [2.45, 2.75) is 33.6 Å². The molecule has 2 aromatic heterocycles. The molecule has 1 aliphatic heterocycles. The van der Waals surface area contributed by atoms with Crippen molar-refractivity contribution in [3.63, 3.8) is 0 Å². The van der Waals surface area contributed by atoms with Crippen molar-refractivity contribution in [1.29, 1.82) is 0 Å². The number of carbonyl (C=O) groups is 2. The van der Waals surface area contributed by atoms with Crippen LogP contribution in [0.15, 0.2) is 35.7 Å². The average Bonchev–Trinajstić information content (AvgIpc) is 3.48. The second-order valence-corrected chi connectivity index (χ2v) is 9.14. The second-order valence-electron chi connectivity index (χ2n) is 8.10. The number of hydrogen-bond donors (Lipinski definition) is 1. The Morgan fingerprint density at radius 1 is 1.23 bits per heavy atom. The first-order chi connectivity index (χ1) is 14.9. The summed E-state index contributed by atoms with van der Waals surface area (Å²) in [5, 5.41) is 13.3. The van der Waals surface area contributed by atoms with Crippen molar-refractivity contribution < 1.29 is 9.59 Å². The molecule has 1 N–H and O–H groups in total. The highest BCUT2D eigenvalue weighted by molar-refractivity contribution is 7.09. The molecule has 0 radical (unpaired) electrons. The normalized spacial score (nSPS) is 16.2. The molecule has 4 rings (SSSR count). The number of aromatic nitrogens is 3. The fourth-order valence-electron chi connectivity index (χ4n) is 3.96. The zero-order chi connectivity index (χ0) is 22.0. The van der Waals surface area contributed by atoms with E-state index in [1.807, 2.05) is 49.9 Å². The quantitative estimate of drug-likeness (QED) is 0.616. The Balaban J connectivity index is 1.35. The van der Waals surface area contributed by atoms with E-state index in [1.54, 1.807) is 16.0 Å². The molecule has 1 fully saturated rings. The molecular weight excluding hydrogens is 410 g/mol. The van der Waals surface area contributed by atoms with Gasteiger partial charge < -0.3 is 10.2 Å². The molecule has 0 bridgehead atoms. The molecule has 2 amide bonds. The third kappa shape index (κ3) is 4.54. The Morgan fingerprint density at radius 2 is 2.06 bits per heavy atom. The third-order valence-corrected chi connectivity index (χ3v) is 6.90. The molecule has 8 heteroatoms. The summed E-state index contributed by atoms with van der Waals surface area (Å²) >= 11 is 1.71. The number of likely N-dealkylation sites (tertiary alicyclic amines) is 1. The zero-order valence-corrected chi connectivity index (χ0v) is 18.9. The van der Waals surface area contributed by atoms with E-state index in [0.717, 1.165) is 29.8 Å². The highest BCUT2D eigenvalue weighted by Gasteiger charge is 2.30. The number of nitrogens with one attached hydrogen (secondary N) is 1. The summed E-state index contributed by atoms with van der Waals surface area (Å²) in [7, 11) is 0. The Kier molecular flexibility index (Phi) is 6.18. The third-order valence-electron chi connectivity index (χ3n) is 5.97. The molecule has 0 spiro atoms. The highest BCUT2D eigenvalue weighted by Crippen LogP contribution is 2.21. The van der Waals surface area contributed by atoms with Gasteiger partial charge in [-0.05, 0) is 55.8 Å². The minimum Gasteiger partial charge on any atom is -0.350 e. The maximum Gasteiger partial charge on any atom is 0.273 e. The topological polar surface area (TPSA) is 80.1 Å². The maximum atomic E-state index is 12.7. The lowest BCUT2D eigenvalue weighted by Gasteiger charge is -2.16. The molecule has 1 saturated heterocycles. The molecule has 3 aromatic rings. The minimum absolute atomic E-state index is 0.120. The number of amides is 2. The van der Waals surface area contributed by atoms with Gasteiger partial charge in [-0.15, -0.1) is 16.4 Å². The van der Waals surface area contributed by atoms with Crippen LogP contribution in [-0.4, -0.2) is 51.3 Å². The zero-order valence-electron chi connectivity index (χ0n) is 18.1. The van der Waals surface area contributed by atoms with Gasteiger partial charge in [-0.3, -0.25) is 9.59 Å². The van der Waals surface area contributed by atoms with E-state index in [9.17, 15) is 9.59 Å². The van der Waals surface area contributed by atoms with Crippen molar-refractivity contribution in [1.82, 2.24) is 25.2 Å². The van der Waals surface area contributed by atoms with Crippen LogP contribution in [0.25, 0.3) is 5.69 Å². The summed E-state index contributed by atoms with van der Waals surface area (Å²) in [4.78, 5) is 28.2. The number of carbonyl (C=O) groups excluding carboxylic acids is 2. The Morgan fingerprint density at radius 3 is 2.84 bits per heavy atom. The van der Waals surface area contributed by atoms with E-state index < -0.39 is 0 Å². The molecule has 1 unspecified atom stereocenters. The monoisotopic (exact) mass is 437 g/mol. The first-order valence-corrected chi connectivity index (χ1v) is 11.4. The fraction of sp³-hybridized carbons (Fsp3) is 0.391. The van der Waals surface area contributed by atoms with Gasteiger partial charge in [0.15, 0.2) is 5.69 Å². The van der Waals surface area contributed by atoms with Crippen LogP contribution in [0.1, 0.15) is 38.6 Å². The summed E-state index contributed by atoms with van der Waals surface area (Å²) in [6.07, 6.45) is 1.35. The largest absolute Gasteiger partial charge is 0.350 e. The van der Waals surface area contributed by atoms with Gasteiger partial charge >= 0.3 is 0 Å². The molecule has 162 valence electrons. The van der Waals surface area contributed by atoms with Gasteiger partial charge in [0.05, 0.1) is 11.4 Å². The predicted octanol–water partition coefficient (Wildman–Crippen LogP) is 3.08. The van der Waals surface area contributed by atoms with Crippen molar-refractivity contribution in [3.05, 3.63) is 63.1 Å². The molecule has 3 heterocycles. The number of nitrogens with zero attached hydrogens (tertiary/aromatic N) is 4. The van der Waals surface area contributed by atoms with E-state index >= 15 is 0 Å². The smallest absolute Gasteiger partial charge is 0.273 e. The van der Waals surface area contributed by atoms with Crippen LogP contribution in [0.4, 0.5) is 0 Å². The van der Waals surface area contributed by atoms with Crippen LogP contribution in [0.5, 0.6) is 0 Å². The Hall–Kier alpha value is -3.00. The Bertz CT molecular complexity index is 1090. The fourth-order valence-corrected chi connectivity index (χ4v) is 4.66. The van der Waals surface area contributed by atoms with Crippen LogP contribution in [0.2, 0.25) is 0 Å². The van der Waals surface area contributed by atoms with E-state index in [-0.39, 0.29) is 17.7 Å². The van der Waals surface area contributed by atoms with Crippen LogP contribution in [0, 0.1) is 26.7 Å². The second kappa shape index (κ2) is 9.01. The summed E-state index contributed by atoms with van der Waals surface area (Å²) in [6.45, 7) is 7.79. The lowest BCUT2D eigenvalue weighted by Crippen LogP contribution is -2.32. The van der Waals surface area contributed by atoms with E-state index in [4.69, 9.17) is 0 Å². The predicted molar refractivity (Wildman–Crippen MR) is 121 cm³/mol. The van der Waals surface area contributed by atoms with E-state index in [0.29, 0.717) is 30.9 Å². The van der Waals surface area contributed by atoms with Crippen molar-refractivity contribution >= 4 is 23.2 Å². The lowest BCUT2D eigenvalue weighted by molar-refractivity contribution is -0.127. The van der Waals surface area contributed by atoms with Crippen LogP contribution in [0.3, 0.4) is 0 Å². The molecule has 0 saturated carbocycles. The lowest BCUT2D eigenvalue weighted by atomic mass is 10.1. The minimum atomic E-state index is -0.251. The first-order valence-electron chi connectivity index (χ1n) is 10.5. The van der Waals surface area contributed by atoms with Crippen molar-refractivity contribution in [2.24, 2.45) is 5.92 Å². The molecular formula is C23H27N5O2S. The first kappa shape index (κ1) is 21.2. The maximum absolute atomic E-state index is 12.7. The van der Waals surface area contributed by atoms with Gasteiger partial charge in [-0.1, -0.05) is 23.4 Å². The summed E-state index contributed by atoms with van der Waals surface area (Å²) in [6, 6.07) is 10.1. The number of thiophene rings is 1. The standard InChI is InChI=1S/C23H27N5O2S/c1-15-6-4-8-20(16(15)2)28-17(3)22(25-26-28)23(30)24-13-18-12-21(29)27(14-18)10-9-19-7-5-11-31-19/h4-8,11,18H,9-10,12-14H2,1-3H3,(H,24,30). The van der Waals surface area contributed by atoms with Gasteiger partial charge in [0.2, 0.25) is 5.91 Å². The SMILES string of the molecule is Cc1cccc(-n2nnc(C(=O)NCC3CC(=O)N(CCc4cccs4)C3)c2C)c1C. The molecule has 1 atom stereocenters. The summed E-state index contributed by atoms with van der Waals surface area (Å²) in [5.41, 5.74) is 4.21. The molecule has 1 aliphatic rings. The number of aryl methyl sites for hydroxylation is 1. The summed E-state index contributed by atoms with van der Waals surface area (Å²) in [5.74, 6) is 0.0283. The van der Waals surface area contributed by atoms with Crippen LogP contribution in [-0.2, 0) is 11.2 Å². The highest BCUT2D eigenvalue weighted by atomic mass is 32.1. The number of hydrogen-bond acceptors (Lipinski definition) is 5. The van der Waals surface area contributed by atoms with Crippen LogP contribution < -0.4 is 5.32 Å². The van der Waals surface area contributed by atoms with Gasteiger partial charge in [-0.2, -0.15) is 0 Å². The number of benzene rings is 1. The van der Waals surface area contributed by atoms with E-state index in [2.05, 4.69) is 27.1 Å². The van der Waals surface area contributed by atoms with Gasteiger partial charge in [0, 0.05) is 36.9 Å². The van der Waals surface area contributed by atoms with Gasteiger partial charge in [0.1, 0.15) is 0 Å². The number of rotatable bonds is 7. The van der Waals surface area contributed by atoms with E-state index in [1.165, 1.54) is 4.88 Å². The molecule has 7 nitrogen and oxygen atoms in total. The van der Waals surface area contributed by atoms with Crippen molar-refractivity contribution in [3.8, 4) is 5.69 Å². The molecule has 1 aromatic carbocycles. The Labute approximate surface area is 186 Å². The van der Waals surface area contributed by atoms with Gasteiger partial charge in [0.25, 0.3) is 5.91 Å². The van der Waals surface area contributed by atoms with Crippen molar-refractivity contribution in [2.75, 3.05) is 19.6 Å². The molecule has 31 heavy (non-hydrogen) atoms. The summed E-state index contributed by atoms with van der Waals surface area (Å²) < 4.78 is 1.71. The molecule has 0 aliphatic carbocycles. The average molecular weight is 438 g/mol. The van der Waals surface area contributed by atoms with Crippen LogP contribution >= 0.6 is 11.3 Å².